The fourth-order valence-corrected chi connectivity index (χ4v) is 4.37. The number of hydrogen-bond donors (Lipinski definition) is 3. The summed E-state index contributed by atoms with van der Waals surface area (Å²) in [4.78, 5) is 53.3. The second kappa shape index (κ2) is 13.3. The molecule has 0 spiro atoms. The number of rotatable bonds is 12. The van der Waals surface area contributed by atoms with Gasteiger partial charge in [-0.2, -0.15) is 0 Å². The number of H-pyrrole nitrogens is 1. The number of aryl methyl sites for hydroxylation is 1. The molecular formula is C29H33N3O5. The molecule has 2 amide bonds. The minimum absolute atomic E-state index is 0.0706. The number of ketones is 1. The van der Waals surface area contributed by atoms with Crippen LogP contribution in [0.2, 0.25) is 0 Å². The summed E-state index contributed by atoms with van der Waals surface area (Å²) in [5, 5.41) is 5.65. The van der Waals surface area contributed by atoms with Gasteiger partial charge in [0, 0.05) is 48.7 Å². The highest BCUT2D eigenvalue weighted by atomic mass is 16.5. The molecule has 2 heterocycles. The first-order valence-electron chi connectivity index (χ1n) is 12.5. The predicted molar refractivity (Wildman–Crippen MR) is 140 cm³/mol. The Hall–Kier alpha value is -4.12. The number of benzene rings is 1. The van der Waals surface area contributed by atoms with Gasteiger partial charge >= 0.3 is 5.97 Å². The number of nitrogens with one attached hydrogen (secondary N) is 3. The summed E-state index contributed by atoms with van der Waals surface area (Å²) < 4.78 is 4.92. The van der Waals surface area contributed by atoms with Crippen molar-refractivity contribution in [1.29, 1.82) is 0 Å². The second-order valence-corrected chi connectivity index (χ2v) is 9.07. The van der Waals surface area contributed by atoms with Crippen LogP contribution in [0.5, 0.6) is 0 Å². The average molecular weight is 504 g/mol. The molecule has 0 aliphatic carbocycles. The molecule has 1 aliphatic rings. The van der Waals surface area contributed by atoms with Crippen LogP contribution in [0.15, 0.2) is 48.6 Å². The van der Waals surface area contributed by atoms with E-state index in [4.69, 9.17) is 11.2 Å². The molecule has 1 fully saturated rings. The standard InChI is InChI=1S/C29H33N3O5/c1-4-8-20(18-26(33)25-13-12-24(32-25)23-10-7-6-9-19(23)3)29(36)31-22(11-14-27(34)37-5-2)17-21-15-16-30-28(21)35/h1,6-7,9-14,20-22,32H,5,8,15-18H2,2-3H3,(H,30,35)(H,31,36)/b14-11+/t20-,21+,22-/m1/s1. The number of hydrogen-bond acceptors (Lipinski definition) is 5. The van der Waals surface area contributed by atoms with Crippen molar-refractivity contribution in [2.75, 3.05) is 13.2 Å². The third-order valence-corrected chi connectivity index (χ3v) is 6.37. The van der Waals surface area contributed by atoms with Crippen molar-refractivity contribution >= 4 is 23.6 Å². The summed E-state index contributed by atoms with van der Waals surface area (Å²) in [5.74, 6) is 0.165. The van der Waals surface area contributed by atoms with Gasteiger partial charge in [-0.1, -0.05) is 30.3 Å². The van der Waals surface area contributed by atoms with E-state index in [1.807, 2.05) is 37.3 Å². The first-order valence-corrected chi connectivity index (χ1v) is 12.5. The topological polar surface area (TPSA) is 117 Å². The predicted octanol–water partition coefficient (Wildman–Crippen LogP) is 3.33. The Bertz CT molecular complexity index is 1210. The van der Waals surface area contributed by atoms with Gasteiger partial charge in [-0.15, -0.1) is 12.3 Å². The molecule has 1 aliphatic heterocycles. The van der Waals surface area contributed by atoms with Crippen LogP contribution in [-0.4, -0.2) is 47.7 Å². The Morgan fingerprint density at radius 3 is 2.70 bits per heavy atom. The Balaban J connectivity index is 1.71. The van der Waals surface area contributed by atoms with Gasteiger partial charge in [0.05, 0.1) is 18.2 Å². The molecule has 0 saturated carbocycles. The van der Waals surface area contributed by atoms with Crippen LogP contribution in [0.25, 0.3) is 11.3 Å². The van der Waals surface area contributed by atoms with E-state index >= 15 is 0 Å². The van der Waals surface area contributed by atoms with Crippen LogP contribution >= 0.6 is 0 Å². The SMILES string of the molecule is C#CC[C@H](CC(=O)c1ccc(-c2ccccc2C)[nH]1)C(=O)N[C@H](/C=C/C(=O)OCC)C[C@@H]1CCNC1=O. The van der Waals surface area contributed by atoms with Crippen molar-refractivity contribution in [3.8, 4) is 23.6 Å². The third-order valence-electron chi connectivity index (χ3n) is 6.37. The van der Waals surface area contributed by atoms with E-state index in [0.29, 0.717) is 25.1 Å². The lowest BCUT2D eigenvalue weighted by molar-refractivity contribution is -0.137. The lowest BCUT2D eigenvalue weighted by Crippen LogP contribution is -2.40. The number of aromatic amines is 1. The number of aromatic nitrogens is 1. The molecule has 3 N–H and O–H groups in total. The van der Waals surface area contributed by atoms with E-state index in [-0.39, 0.29) is 37.1 Å². The fraction of sp³-hybridized carbons (Fsp3) is 0.379. The van der Waals surface area contributed by atoms with Crippen LogP contribution in [-0.2, 0) is 19.1 Å². The van der Waals surface area contributed by atoms with Crippen molar-refractivity contribution in [3.63, 3.8) is 0 Å². The highest BCUT2D eigenvalue weighted by Crippen LogP contribution is 2.24. The van der Waals surface area contributed by atoms with Crippen LogP contribution < -0.4 is 10.6 Å². The third kappa shape index (κ3) is 7.68. The summed E-state index contributed by atoms with van der Waals surface area (Å²) in [5.41, 5.74) is 3.28. The molecular weight excluding hydrogens is 470 g/mol. The van der Waals surface area contributed by atoms with E-state index in [9.17, 15) is 19.2 Å². The molecule has 2 aromatic rings. The highest BCUT2D eigenvalue weighted by molar-refractivity contribution is 5.98. The van der Waals surface area contributed by atoms with Crippen molar-refractivity contribution < 1.29 is 23.9 Å². The quantitative estimate of drug-likeness (QED) is 0.178. The molecule has 0 bridgehead atoms. The first-order chi connectivity index (χ1) is 17.8. The van der Waals surface area contributed by atoms with Gasteiger partial charge in [0.1, 0.15) is 0 Å². The van der Waals surface area contributed by atoms with Crippen molar-refractivity contribution in [3.05, 3.63) is 59.8 Å². The Morgan fingerprint density at radius 2 is 2.03 bits per heavy atom. The van der Waals surface area contributed by atoms with E-state index < -0.39 is 23.8 Å². The van der Waals surface area contributed by atoms with Gasteiger partial charge in [-0.25, -0.2) is 4.79 Å². The van der Waals surface area contributed by atoms with Crippen LogP contribution in [0.1, 0.15) is 48.7 Å². The maximum absolute atomic E-state index is 13.2. The van der Waals surface area contributed by atoms with Gasteiger partial charge in [0.15, 0.2) is 5.78 Å². The number of terminal acetylenes is 1. The summed E-state index contributed by atoms with van der Waals surface area (Å²) in [6.45, 7) is 4.49. The number of Topliss-reactive ketones (excluding diaryl/α,β-unsaturated/α-hetero) is 1. The number of carbonyl (C=O) groups is 4. The summed E-state index contributed by atoms with van der Waals surface area (Å²) >= 11 is 0. The zero-order valence-electron chi connectivity index (χ0n) is 21.2. The average Bonchev–Trinajstić information content (AvgIpc) is 3.52. The van der Waals surface area contributed by atoms with E-state index in [1.165, 1.54) is 12.2 Å². The number of esters is 1. The van der Waals surface area contributed by atoms with Gasteiger partial charge < -0.3 is 20.4 Å². The van der Waals surface area contributed by atoms with Crippen molar-refractivity contribution in [2.45, 2.75) is 45.6 Å². The molecule has 1 aromatic carbocycles. The normalized spacial score (nSPS) is 16.6. The van der Waals surface area contributed by atoms with Gasteiger partial charge in [-0.05, 0) is 44.4 Å². The Kier molecular flexibility index (Phi) is 9.84. The first kappa shape index (κ1) is 27.5. The van der Waals surface area contributed by atoms with E-state index in [1.54, 1.807) is 13.0 Å². The lowest BCUT2D eigenvalue weighted by Gasteiger charge is -2.21. The van der Waals surface area contributed by atoms with Crippen LogP contribution in [0, 0.1) is 31.1 Å². The molecule has 194 valence electrons. The van der Waals surface area contributed by atoms with Gasteiger partial charge in [0.25, 0.3) is 0 Å². The maximum atomic E-state index is 13.2. The minimum atomic E-state index is -0.765. The largest absolute Gasteiger partial charge is 0.463 e. The van der Waals surface area contributed by atoms with E-state index in [0.717, 1.165) is 16.8 Å². The number of ether oxygens (including phenoxy) is 1. The molecule has 0 radical (unpaired) electrons. The molecule has 3 atom stereocenters. The summed E-state index contributed by atoms with van der Waals surface area (Å²) in [6, 6.07) is 10.8. The zero-order valence-corrected chi connectivity index (χ0v) is 21.2. The van der Waals surface area contributed by atoms with Crippen molar-refractivity contribution in [2.24, 2.45) is 11.8 Å². The molecule has 1 aromatic heterocycles. The zero-order chi connectivity index (χ0) is 26.8. The number of carbonyl (C=O) groups excluding carboxylic acids is 4. The van der Waals surface area contributed by atoms with E-state index in [2.05, 4.69) is 21.5 Å². The summed E-state index contributed by atoms with van der Waals surface area (Å²) in [7, 11) is 0. The maximum Gasteiger partial charge on any atom is 0.330 e. The molecule has 3 rings (SSSR count). The highest BCUT2D eigenvalue weighted by Gasteiger charge is 2.29. The van der Waals surface area contributed by atoms with Crippen LogP contribution in [0.3, 0.4) is 0 Å². The Labute approximate surface area is 217 Å². The Morgan fingerprint density at radius 1 is 1.24 bits per heavy atom. The monoisotopic (exact) mass is 503 g/mol. The fourth-order valence-electron chi connectivity index (χ4n) is 4.37. The molecule has 8 heteroatoms. The number of amides is 2. The van der Waals surface area contributed by atoms with Crippen LogP contribution in [0.4, 0.5) is 0 Å². The molecule has 37 heavy (non-hydrogen) atoms. The van der Waals surface area contributed by atoms with Crippen molar-refractivity contribution in [1.82, 2.24) is 15.6 Å². The second-order valence-electron chi connectivity index (χ2n) is 9.07. The summed E-state index contributed by atoms with van der Waals surface area (Å²) in [6.07, 6.45) is 9.23. The molecule has 1 saturated heterocycles. The minimum Gasteiger partial charge on any atom is -0.463 e. The molecule has 8 nitrogen and oxygen atoms in total. The lowest BCUT2D eigenvalue weighted by atomic mass is 9.94. The van der Waals surface area contributed by atoms with Gasteiger partial charge in [-0.3, -0.25) is 14.4 Å². The molecule has 0 unspecified atom stereocenters. The van der Waals surface area contributed by atoms with Gasteiger partial charge in [0.2, 0.25) is 11.8 Å². The smallest absolute Gasteiger partial charge is 0.330 e.